The van der Waals surface area contributed by atoms with Crippen molar-refractivity contribution in [2.24, 2.45) is 0 Å². The molecule has 0 aliphatic carbocycles. The standard InChI is InChI=1S/C34H24N2O2/c1-38-34(37)23-19-21-25(22-20-23)36-31-18-10-9-17-30(31)35(24-11-3-2-4-12-24)32-28-15-7-5-13-26(28)27-14-6-8-16-29(27)33(32)36/h2-22H,1H3. The Bertz CT molecular complexity index is 1830. The van der Waals surface area contributed by atoms with E-state index in [4.69, 9.17) is 4.74 Å². The van der Waals surface area contributed by atoms with E-state index in [0.717, 1.165) is 39.5 Å². The van der Waals surface area contributed by atoms with Crippen molar-refractivity contribution < 1.29 is 9.53 Å². The van der Waals surface area contributed by atoms with Crippen LogP contribution in [0, 0.1) is 0 Å². The number of methoxy groups -OCH3 is 1. The Balaban J connectivity index is 1.62. The van der Waals surface area contributed by atoms with Crippen molar-refractivity contribution in [3.8, 4) is 0 Å². The third-order valence-electron chi connectivity index (χ3n) is 7.25. The smallest absolute Gasteiger partial charge is 0.337 e. The van der Waals surface area contributed by atoms with Gasteiger partial charge in [-0.1, -0.05) is 78.9 Å². The van der Waals surface area contributed by atoms with Crippen LogP contribution < -0.4 is 9.80 Å². The summed E-state index contributed by atoms with van der Waals surface area (Å²) in [6.45, 7) is 0. The molecule has 1 aliphatic heterocycles. The van der Waals surface area contributed by atoms with Gasteiger partial charge in [-0.2, -0.15) is 0 Å². The van der Waals surface area contributed by atoms with Crippen LogP contribution in [0.25, 0.3) is 21.5 Å². The molecule has 6 aromatic rings. The molecule has 38 heavy (non-hydrogen) atoms. The van der Waals surface area contributed by atoms with Gasteiger partial charge in [-0.25, -0.2) is 4.79 Å². The fraction of sp³-hybridized carbons (Fsp3) is 0.0294. The number of rotatable bonds is 3. The third-order valence-corrected chi connectivity index (χ3v) is 7.25. The summed E-state index contributed by atoms with van der Waals surface area (Å²) < 4.78 is 4.94. The molecule has 0 atom stereocenters. The van der Waals surface area contributed by atoms with Gasteiger partial charge in [0.25, 0.3) is 0 Å². The molecular weight excluding hydrogens is 468 g/mol. The number of esters is 1. The zero-order valence-corrected chi connectivity index (χ0v) is 20.8. The van der Waals surface area contributed by atoms with Crippen molar-refractivity contribution in [2.45, 2.75) is 0 Å². The number of carbonyl (C=O) groups excluding carboxylic acids is 1. The molecule has 0 bridgehead atoms. The maximum atomic E-state index is 12.2. The molecule has 182 valence electrons. The molecule has 0 N–H and O–H groups in total. The highest BCUT2D eigenvalue weighted by molar-refractivity contribution is 6.25. The number of carbonyl (C=O) groups is 1. The lowest BCUT2D eigenvalue weighted by molar-refractivity contribution is 0.0601. The first-order valence-electron chi connectivity index (χ1n) is 12.6. The predicted octanol–water partition coefficient (Wildman–Crippen LogP) is 9.03. The number of nitrogens with zero attached hydrogens (tertiary/aromatic N) is 2. The molecule has 7 rings (SSSR count). The average Bonchev–Trinajstić information content (AvgIpc) is 3.00. The highest BCUT2D eigenvalue weighted by Gasteiger charge is 2.33. The lowest BCUT2D eigenvalue weighted by Gasteiger charge is -2.42. The average molecular weight is 493 g/mol. The lowest BCUT2D eigenvalue weighted by atomic mass is 9.93. The molecular formula is C34H24N2O2. The molecule has 0 aromatic heterocycles. The van der Waals surface area contributed by atoms with Crippen LogP contribution in [-0.2, 0) is 4.74 Å². The van der Waals surface area contributed by atoms with E-state index in [-0.39, 0.29) is 5.97 Å². The number of hydrogen-bond donors (Lipinski definition) is 0. The first kappa shape index (κ1) is 22.1. The van der Waals surface area contributed by atoms with Crippen molar-refractivity contribution in [3.05, 3.63) is 133 Å². The van der Waals surface area contributed by atoms with Gasteiger partial charge in [0.1, 0.15) is 0 Å². The Kier molecular flexibility index (Phi) is 5.12. The molecule has 0 saturated carbocycles. The van der Waals surface area contributed by atoms with Crippen LogP contribution in [0.1, 0.15) is 10.4 Å². The first-order valence-corrected chi connectivity index (χ1v) is 12.6. The lowest BCUT2D eigenvalue weighted by Crippen LogP contribution is -2.24. The molecule has 0 spiro atoms. The molecule has 0 unspecified atom stereocenters. The van der Waals surface area contributed by atoms with Gasteiger partial charge in [0.15, 0.2) is 0 Å². The van der Waals surface area contributed by atoms with Gasteiger partial charge in [-0.05, 0) is 59.3 Å². The largest absolute Gasteiger partial charge is 0.465 e. The monoisotopic (exact) mass is 492 g/mol. The molecule has 4 heteroatoms. The van der Waals surface area contributed by atoms with Gasteiger partial charge in [0.2, 0.25) is 0 Å². The second-order valence-electron chi connectivity index (χ2n) is 9.32. The summed E-state index contributed by atoms with van der Waals surface area (Å²) in [5.74, 6) is -0.345. The minimum absolute atomic E-state index is 0.345. The number of hydrogen-bond acceptors (Lipinski definition) is 4. The molecule has 0 radical (unpaired) electrons. The summed E-state index contributed by atoms with van der Waals surface area (Å²) in [6.07, 6.45) is 0. The van der Waals surface area contributed by atoms with E-state index in [1.807, 2.05) is 30.3 Å². The van der Waals surface area contributed by atoms with Crippen LogP contribution in [-0.4, -0.2) is 13.1 Å². The topological polar surface area (TPSA) is 32.8 Å². The molecule has 1 aliphatic rings. The number of fused-ring (bicyclic) bond motifs is 7. The fourth-order valence-electron chi connectivity index (χ4n) is 5.62. The maximum Gasteiger partial charge on any atom is 0.337 e. The predicted molar refractivity (Wildman–Crippen MR) is 156 cm³/mol. The van der Waals surface area contributed by atoms with E-state index >= 15 is 0 Å². The summed E-state index contributed by atoms with van der Waals surface area (Å²) in [6, 6.07) is 43.9. The SMILES string of the molecule is COC(=O)c1ccc(N2c3ccccc3N(c3ccccc3)c3c2c2ccccc2c2ccccc32)cc1. The minimum Gasteiger partial charge on any atom is -0.465 e. The van der Waals surface area contributed by atoms with Crippen molar-refractivity contribution >= 4 is 61.6 Å². The Morgan fingerprint density at radius 1 is 0.500 bits per heavy atom. The Morgan fingerprint density at radius 3 is 1.42 bits per heavy atom. The van der Waals surface area contributed by atoms with Crippen LogP contribution in [0.4, 0.5) is 34.1 Å². The zero-order chi connectivity index (χ0) is 25.6. The van der Waals surface area contributed by atoms with Crippen LogP contribution >= 0.6 is 0 Å². The number of anilines is 6. The van der Waals surface area contributed by atoms with E-state index in [0.29, 0.717) is 5.56 Å². The Labute approximate surface area is 220 Å². The highest BCUT2D eigenvalue weighted by Crippen LogP contribution is 2.58. The zero-order valence-electron chi connectivity index (χ0n) is 20.8. The van der Waals surface area contributed by atoms with Crippen LogP contribution in [0.15, 0.2) is 127 Å². The van der Waals surface area contributed by atoms with E-state index in [1.54, 1.807) is 0 Å². The molecule has 0 saturated heterocycles. The highest BCUT2D eigenvalue weighted by atomic mass is 16.5. The van der Waals surface area contributed by atoms with Gasteiger partial charge < -0.3 is 14.5 Å². The minimum atomic E-state index is -0.345. The van der Waals surface area contributed by atoms with Crippen LogP contribution in [0.3, 0.4) is 0 Å². The number of benzene rings is 6. The van der Waals surface area contributed by atoms with Crippen molar-refractivity contribution in [2.75, 3.05) is 16.9 Å². The molecule has 0 amide bonds. The summed E-state index contributed by atoms with van der Waals surface area (Å²) >= 11 is 0. The fourth-order valence-corrected chi connectivity index (χ4v) is 5.62. The van der Waals surface area contributed by atoms with Gasteiger partial charge in [0.05, 0.1) is 35.4 Å². The van der Waals surface area contributed by atoms with Gasteiger partial charge in [-0.15, -0.1) is 0 Å². The van der Waals surface area contributed by atoms with E-state index in [2.05, 4.69) is 107 Å². The summed E-state index contributed by atoms with van der Waals surface area (Å²) in [5, 5.41) is 4.75. The summed E-state index contributed by atoms with van der Waals surface area (Å²) in [7, 11) is 1.41. The van der Waals surface area contributed by atoms with Crippen molar-refractivity contribution in [3.63, 3.8) is 0 Å². The molecule has 6 aromatic carbocycles. The Morgan fingerprint density at radius 2 is 0.921 bits per heavy atom. The first-order chi connectivity index (χ1) is 18.8. The number of para-hydroxylation sites is 3. The third kappa shape index (κ3) is 3.27. The van der Waals surface area contributed by atoms with Crippen molar-refractivity contribution in [1.82, 2.24) is 0 Å². The van der Waals surface area contributed by atoms with Crippen LogP contribution in [0.5, 0.6) is 0 Å². The second kappa shape index (κ2) is 8.79. The summed E-state index contributed by atoms with van der Waals surface area (Å²) in [5.41, 5.74) is 6.98. The summed E-state index contributed by atoms with van der Waals surface area (Å²) in [4.78, 5) is 16.9. The van der Waals surface area contributed by atoms with Crippen LogP contribution in [0.2, 0.25) is 0 Å². The molecule has 4 nitrogen and oxygen atoms in total. The maximum absolute atomic E-state index is 12.2. The number of ether oxygens (including phenoxy) is 1. The van der Waals surface area contributed by atoms with Gasteiger partial charge in [0, 0.05) is 22.1 Å². The second-order valence-corrected chi connectivity index (χ2v) is 9.32. The quantitative estimate of drug-likeness (QED) is 0.182. The van der Waals surface area contributed by atoms with E-state index in [9.17, 15) is 4.79 Å². The van der Waals surface area contributed by atoms with Gasteiger partial charge >= 0.3 is 5.97 Å². The van der Waals surface area contributed by atoms with E-state index in [1.165, 1.54) is 23.3 Å². The van der Waals surface area contributed by atoms with Crippen molar-refractivity contribution in [1.29, 1.82) is 0 Å². The molecule has 0 fully saturated rings. The Hall–Kier alpha value is -5.09. The van der Waals surface area contributed by atoms with E-state index < -0.39 is 0 Å². The molecule has 1 heterocycles. The van der Waals surface area contributed by atoms with Gasteiger partial charge in [-0.3, -0.25) is 0 Å². The normalized spacial score (nSPS) is 12.3.